The number of carbonyl (C=O) groups is 1. The minimum Gasteiger partial charge on any atom is -0.496 e. The van der Waals surface area contributed by atoms with E-state index in [9.17, 15) is 9.18 Å². The van der Waals surface area contributed by atoms with Crippen LogP contribution in [0.2, 0.25) is 0 Å². The molecular formula is C16H15FINO2. The normalized spacial score (nSPS) is 11.8. The maximum absolute atomic E-state index is 13.4. The molecule has 1 unspecified atom stereocenters. The standard InChI is InChI=1S/C16H15FINO2/c1-10(14-9-12(17)5-8-15(14)21-2)19-16(20)11-3-6-13(18)7-4-11/h3-10H,1-2H3,(H,19,20). The zero-order chi connectivity index (χ0) is 15.4. The maximum atomic E-state index is 13.4. The molecule has 1 atom stereocenters. The van der Waals surface area contributed by atoms with Crippen molar-refractivity contribution in [3.8, 4) is 5.75 Å². The van der Waals surface area contributed by atoms with E-state index in [4.69, 9.17) is 4.74 Å². The predicted octanol–water partition coefficient (Wildman–Crippen LogP) is 3.93. The van der Waals surface area contributed by atoms with Gasteiger partial charge < -0.3 is 10.1 Å². The summed E-state index contributed by atoms with van der Waals surface area (Å²) in [6.07, 6.45) is 0. The molecule has 2 rings (SSSR count). The molecule has 21 heavy (non-hydrogen) atoms. The Kier molecular flexibility index (Phi) is 5.17. The average molecular weight is 399 g/mol. The average Bonchev–Trinajstić information content (AvgIpc) is 2.47. The Labute approximate surface area is 136 Å². The first-order chi connectivity index (χ1) is 10.0. The van der Waals surface area contributed by atoms with Gasteiger partial charge in [0.2, 0.25) is 0 Å². The SMILES string of the molecule is COc1ccc(F)cc1C(C)NC(=O)c1ccc(I)cc1. The summed E-state index contributed by atoms with van der Waals surface area (Å²) in [6, 6.07) is 11.1. The monoisotopic (exact) mass is 399 g/mol. The van der Waals surface area contributed by atoms with E-state index in [0.29, 0.717) is 16.9 Å². The van der Waals surface area contributed by atoms with Crippen LogP contribution in [0.4, 0.5) is 4.39 Å². The molecule has 2 aromatic carbocycles. The number of amides is 1. The maximum Gasteiger partial charge on any atom is 0.251 e. The fourth-order valence-electron chi connectivity index (χ4n) is 2.00. The molecule has 1 amide bonds. The van der Waals surface area contributed by atoms with Crippen molar-refractivity contribution in [2.24, 2.45) is 0 Å². The van der Waals surface area contributed by atoms with E-state index in [1.807, 2.05) is 12.1 Å². The predicted molar refractivity (Wildman–Crippen MR) is 88.0 cm³/mol. The second kappa shape index (κ2) is 6.89. The van der Waals surface area contributed by atoms with Gasteiger partial charge in [0.15, 0.2) is 0 Å². The van der Waals surface area contributed by atoms with Crippen LogP contribution in [0.5, 0.6) is 5.75 Å². The van der Waals surface area contributed by atoms with Crippen molar-refractivity contribution in [3.05, 3.63) is 63.0 Å². The number of rotatable bonds is 4. The van der Waals surface area contributed by atoms with Crippen molar-refractivity contribution in [2.75, 3.05) is 7.11 Å². The third-order valence-corrected chi connectivity index (χ3v) is 3.83. The Morgan fingerprint density at radius 1 is 1.24 bits per heavy atom. The van der Waals surface area contributed by atoms with Crippen molar-refractivity contribution in [1.82, 2.24) is 5.32 Å². The van der Waals surface area contributed by atoms with Crippen molar-refractivity contribution < 1.29 is 13.9 Å². The Balaban J connectivity index is 2.17. The first-order valence-corrected chi connectivity index (χ1v) is 7.49. The van der Waals surface area contributed by atoms with Crippen molar-refractivity contribution in [1.29, 1.82) is 0 Å². The van der Waals surface area contributed by atoms with Crippen LogP contribution in [-0.4, -0.2) is 13.0 Å². The first-order valence-electron chi connectivity index (χ1n) is 6.41. The van der Waals surface area contributed by atoms with Gasteiger partial charge in [0.1, 0.15) is 11.6 Å². The van der Waals surface area contributed by atoms with Crippen LogP contribution in [-0.2, 0) is 0 Å². The highest BCUT2D eigenvalue weighted by molar-refractivity contribution is 14.1. The molecule has 0 fully saturated rings. The quantitative estimate of drug-likeness (QED) is 0.792. The van der Waals surface area contributed by atoms with Crippen LogP contribution in [0.25, 0.3) is 0 Å². The van der Waals surface area contributed by atoms with E-state index >= 15 is 0 Å². The fraction of sp³-hybridized carbons (Fsp3) is 0.188. The zero-order valence-electron chi connectivity index (χ0n) is 11.7. The van der Waals surface area contributed by atoms with Crippen LogP contribution >= 0.6 is 22.6 Å². The minimum absolute atomic E-state index is 0.204. The summed E-state index contributed by atoms with van der Waals surface area (Å²) in [6.45, 7) is 1.79. The van der Waals surface area contributed by atoms with E-state index in [2.05, 4.69) is 27.9 Å². The molecule has 2 aromatic rings. The van der Waals surface area contributed by atoms with Gasteiger partial charge >= 0.3 is 0 Å². The summed E-state index contributed by atoms with van der Waals surface area (Å²) in [5, 5.41) is 2.85. The van der Waals surface area contributed by atoms with E-state index in [1.54, 1.807) is 25.1 Å². The van der Waals surface area contributed by atoms with Crippen LogP contribution in [0.1, 0.15) is 28.9 Å². The summed E-state index contributed by atoms with van der Waals surface area (Å²) in [7, 11) is 1.52. The van der Waals surface area contributed by atoms with Crippen LogP contribution in [0.15, 0.2) is 42.5 Å². The molecule has 0 aliphatic rings. The van der Waals surface area contributed by atoms with Gasteiger partial charge in [-0.05, 0) is 72.0 Å². The number of nitrogens with one attached hydrogen (secondary N) is 1. The molecule has 0 heterocycles. The third-order valence-electron chi connectivity index (χ3n) is 3.11. The lowest BCUT2D eigenvalue weighted by Gasteiger charge is -2.17. The number of methoxy groups -OCH3 is 1. The molecule has 110 valence electrons. The van der Waals surface area contributed by atoms with Gasteiger partial charge in [-0.2, -0.15) is 0 Å². The van der Waals surface area contributed by atoms with Crippen LogP contribution in [0.3, 0.4) is 0 Å². The second-order valence-corrected chi connectivity index (χ2v) is 5.83. The molecule has 5 heteroatoms. The van der Waals surface area contributed by atoms with Crippen molar-refractivity contribution in [2.45, 2.75) is 13.0 Å². The van der Waals surface area contributed by atoms with Gasteiger partial charge in [-0.15, -0.1) is 0 Å². The molecule has 0 aliphatic carbocycles. The van der Waals surface area contributed by atoms with E-state index in [-0.39, 0.29) is 17.8 Å². The number of halogens is 2. The summed E-state index contributed by atoms with van der Waals surface area (Å²) in [5.74, 6) is -0.0156. The summed E-state index contributed by atoms with van der Waals surface area (Å²) < 4.78 is 19.6. The summed E-state index contributed by atoms with van der Waals surface area (Å²) in [4.78, 5) is 12.2. The number of carbonyl (C=O) groups excluding carboxylic acids is 1. The van der Waals surface area contributed by atoms with Gasteiger partial charge in [-0.3, -0.25) is 4.79 Å². The van der Waals surface area contributed by atoms with Crippen LogP contribution < -0.4 is 10.1 Å². The smallest absolute Gasteiger partial charge is 0.251 e. The molecular weight excluding hydrogens is 384 g/mol. The zero-order valence-corrected chi connectivity index (χ0v) is 13.8. The van der Waals surface area contributed by atoms with E-state index in [0.717, 1.165) is 3.57 Å². The number of hydrogen-bond donors (Lipinski definition) is 1. The van der Waals surface area contributed by atoms with E-state index < -0.39 is 0 Å². The second-order valence-electron chi connectivity index (χ2n) is 4.59. The number of benzene rings is 2. The summed E-state index contributed by atoms with van der Waals surface area (Å²) >= 11 is 2.18. The highest BCUT2D eigenvalue weighted by atomic mass is 127. The molecule has 0 bridgehead atoms. The minimum atomic E-state index is -0.360. The Hall–Kier alpha value is -1.63. The van der Waals surface area contributed by atoms with Crippen molar-refractivity contribution in [3.63, 3.8) is 0 Å². The topological polar surface area (TPSA) is 38.3 Å². The van der Waals surface area contributed by atoms with E-state index in [1.165, 1.54) is 19.2 Å². The Bertz CT molecular complexity index is 643. The Morgan fingerprint density at radius 2 is 1.90 bits per heavy atom. The molecule has 0 aliphatic heterocycles. The first kappa shape index (κ1) is 15.8. The fourth-order valence-corrected chi connectivity index (χ4v) is 2.36. The molecule has 0 saturated carbocycles. The molecule has 0 aromatic heterocycles. The molecule has 0 radical (unpaired) electrons. The highest BCUT2D eigenvalue weighted by Gasteiger charge is 2.16. The number of hydrogen-bond acceptors (Lipinski definition) is 2. The molecule has 1 N–H and O–H groups in total. The third kappa shape index (κ3) is 3.93. The lowest BCUT2D eigenvalue weighted by molar-refractivity contribution is 0.0939. The molecule has 0 spiro atoms. The largest absolute Gasteiger partial charge is 0.496 e. The van der Waals surface area contributed by atoms with Crippen molar-refractivity contribution >= 4 is 28.5 Å². The van der Waals surface area contributed by atoms with Crippen LogP contribution in [0, 0.1) is 9.39 Å². The molecule has 0 saturated heterocycles. The lowest BCUT2D eigenvalue weighted by atomic mass is 10.1. The Morgan fingerprint density at radius 3 is 2.52 bits per heavy atom. The molecule has 3 nitrogen and oxygen atoms in total. The van der Waals surface area contributed by atoms with Gasteiger partial charge in [-0.25, -0.2) is 4.39 Å². The summed E-state index contributed by atoms with van der Waals surface area (Å²) in [5.41, 5.74) is 1.17. The van der Waals surface area contributed by atoms with Gasteiger partial charge in [0.25, 0.3) is 5.91 Å². The van der Waals surface area contributed by atoms with Gasteiger partial charge in [0.05, 0.1) is 13.2 Å². The highest BCUT2D eigenvalue weighted by Crippen LogP contribution is 2.26. The van der Waals surface area contributed by atoms with Gasteiger partial charge in [-0.1, -0.05) is 0 Å². The lowest BCUT2D eigenvalue weighted by Crippen LogP contribution is -2.27. The van der Waals surface area contributed by atoms with Gasteiger partial charge in [0, 0.05) is 14.7 Å². The number of ether oxygens (including phenoxy) is 1.